The van der Waals surface area contributed by atoms with Crippen molar-refractivity contribution in [2.24, 2.45) is 5.92 Å². The fourth-order valence-corrected chi connectivity index (χ4v) is 5.64. The van der Waals surface area contributed by atoms with E-state index in [1.807, 2.05) is 24.4 Å². The van der Waals surface area contributed by atoms with Gasteiger partial charge in [0.05, 0.1) is 4.88 Å². The van der Waals surface area contributed by atoms with Gasteiger partial charge in [0, 0.05) is 18.5 Å². The molecule has 3 aromatic heterocycles. The van der Waals surface area contributed by atoms with E-state index in [0.717, 1.165) is 17.7 Å². The van der Waals surface area contributed by atoms with Crippen molar-refractivity contribution in [2.75, 3.05) is 0 Å². The quantitative estimate of drug-likeness (QED) is 0.410. The molecule has 1 aliphatic carbocycles. The maximum absolute atomic E-state index is 12.5. The summed E-state index contributed by atoms with van der Waals surface area (Å²) in [6.07, 6.45) is 2.22. The number of nitrogens with one attached hydrogen (secondary N) is 1. The van der Waals surface area contributed by atoms with E-state index in [1.54, 1.807) is 17.4 Å². The summed E-state index contributed by atoms with van der Waals surface area (Å²) >= 11 is 1.56. The number of hydrogen-bond acceptors (Lipinski definition) is 8. The molecule has 8 nitrogen and oxygen atoms in total. The highest BCUT2D eigenvalue weighted by Gasteiger charge is 2.39. The van der Waals surface area contributed by atoms with Crippen LogP contribution in [-0.4, -0.2) is 35.6 Å². The smallest absolute Gasteiger partial charge is 0.290 e. The molecule has 0 saturated heterocycles. The van der Waals surface area contributed by atoms with Crippen molar-refractivity contribution in [3.05, 3.63) is 41.1 Å². The normalized spacial score (nSPS) is 19.8. The van der Waals surface area contributed by atoms with Crippen molar-refractivity contribution >= 4 is 25.6 Å². The molecule has 1 fully saturated rings. The van der Waals surface area contributed by atoms with Crippen LogP contribution in [-0.2, 0) is 10.8 Å². The molecule has 0 aromatic carbocycles. The highest BCUT2D eigenvalue weighted by Crippen LogP contribution is 2.39. The van der Waals surface area contributed by atoms with E-state index in [-0.39, 0.29) is 28.9 Å². The fourth-order valence-electron chi connectivity index (χ4n) is 3.63. The fraction of sp³-hybridized carbons (Fsp3) is 0.565. The molecule has 178 valence electrons. The molecule has 1 atom stereocenters. The van der Waals surface area contributed by atoms with Crippen LogP contribution in [0.4, 0.5) is 0 Å². The largest absolute Gasteiger partial charge is 0.422 e. The first kappa shape index (κ1) is 23.8. The van der Waals surface area contributed by atoms with Crippen molar-refractivity contribution in [1.29, 1.82) is 0 Å². The molecule has 0 spiro atoms. The minimum absolute atomic E-state index is 0.112. The van der Waals surface area contributed by atoms with Crippen molar-refractivity contribution in [1.82, 2.24) is 20.7 Å². The average molecular weight is 489 g/mol. The summed E-state index contributed by atoms with van der Waals surface area (Å²) in [7, 11) is -1.92. The number of hydrogen-bond donors (Lipinski definition) is 1. The predicted molar refractivity (Wildman–Crippen MR) is 128 cm³/mol. The van der Waals surface area contributed by atoms with Gasteiger partial charge in [-0.15, -0.1) is 21.5 Å². The van der Waals surface area contributed by atoms with Crippen LogP contribution in [0.3, 0.4) is 0 Å². The summed E-state index contributed by atoms with van der Waals surface area (Å²) < 4.78 is 17.5. The summed E-state index contributed by atoms with van der Waals surface area (Å²) in [6, 6.07) is 5.69. The van der Waals surface area contributed by atoms with Gasteiger partial charge in [0.2, 0.25) is 17.5 Å². The van der Waals surface area contributed by atoms with Gasteiger partial charge in [-0.2, -0.15) is 0 Å². The van der Waals surface area contributed by atoms with Gasteiger partial charge in [0.1, 0.15) is 11.8 Å². The second kappa shape index (κ2) is 9.15. The van der Waals surface area contributed by atoms with E-state index in [4.69, 9.17) is 13.4 Å². The lowest BCUT2D eigenvalue weighted by molar-refractivity contribution is 0.0849. The van der Waals surface area contributed by atoms with E-state index in [0.29, 0.717) is 29.8 Å². The lowest BCUT2D eigenvalue weighted by atomic mass is 9.78. The second-order valence-electron chi connectivity index (χ2n) is 10.3. The minimum atomic E-state index is -1.92. The van der Waals surface area contributed by atoms with Gasteiger partial charge in [-0.1, -0.05) is 32.0 Å². The molecule has 10 heteroatoms. The van der Waals surface area contributed by atoms with E-state index in [1.165, 1.54) is 0 Å². The molecule has 1 saturated carbocycles. The Labute approximate surface area is 199 Å². The van der Waals surface area contributed by atoms with Crippen LogP contribution in [0.25, 0.3) is 10.6 Å². The number of rotatable bonds is 8. The van der Waals surface area contributed by atoms with Crippen LogP contribution in [0.1, 0.15) is 69.0 Å². The molecule has 0 unspecified atom stereocenters. The van der Waals surface area contributed by atoms with Crippen LogP contribution in [0.5, 0.6) is 0 Å². The maximum Gasteiger partial charge on any atom is 0.290 e. The molecular weight excluding hydrogens is 456 g/mol. The molecular formula is C23H32N4O4SSi. The lowest BCUT2D eigenvalue weighted by Gasteiger charge is -2.37. The molecule has 3 aromatic rings. The van der Waals surface area contributed by atoms with Crippen molar-refractivity contribution < 1.29 is 18.2 Å². The van der Waals surface area contributed by atoms with Gasteiger partial charge < -0.3 is 18.7 Å². The molecule has 0 bridgehead atoms. The van der Waals surface area contributed by atoms with Gasteiger partial charge in [-0.25, -0.2) is 0 Å². The van der Waals surface area contributed by atoms with E-state index in [2.05, 4.69) is 54.5 Å². The standard InChI is InChI=1S/C23H32N4O4SSi/c1-14(31-33(5,6)23(2,3)4)22-26-25-20(29-22)12-15-10-16(11-15)24-21(28)18-13-17(27-30-18)19-8-7-9-32-19/h7-9,13-16H,10-12H2,1-6H3,(H,24,28)/t14-,15?,16?/m1/s1. The Hall–Kier alpha value is -2.30. The maximum atomic E-state index is 12.5. The van der Waals surface area contributed by atoms with Gasteiger partial charge in [-0.05, 0) is 55.3 Å². The number of thiophene rings is 1. The Morgan fingerprint density at radius 2 is 2.09 bits per heavy atom. The third-order valence-corrected chi connectivity index (χ3v) is 12.1. The van der Waals surface area contributed by atoms with Crippen LogP contribution in [0.15, 0.2) is 32.5 Å². The van der Waals surface area contributed by atoms with E-state index >= 15 is 0 Å². The van der Waals surface area contributed by atoms with Crippen molar-refractivity contribution in [3.8, 4) is 10.6 Å². The molecule has 4 rings (SSSR count). The predicted octanol–water partition coefficient (Wildman–Crippen LogP) is 5.62. The van der Waals surface area contributed by atoms with E-state index < -0.39 is 8.32 Å². The SMILES string of the molecule is C[C@@H](O[Si](C)(C)C(C)(C)C)c1nnc(CC2CC(NC(=O)c3cc(-c4cccs4)no3)C2)o1. The number of carbonyl (C=O) groups excluding carboxylic acids is 1. The van der Waals surface area contributed by atoms with Crippen LogP contribution in [0, 0.1) is 5.92 Å². The van der Waals surface area contributed by atoms with Crippen LogP contribution < -0.4 is 5.32 Å². The Balaban J connectivity index is 1.24. The molecule has 0 aliphatic heterocycles. The third kappa shape index (κ3) is 5.44. The molecule has 3 heterocycles. The minimum Gasteiger partial charge on any atom is -0.422 e. The monoisotopic (exact) mass is 488 g/mol. The number of nitrogens with zero attached hydrogens (tertiary/aromatic N) is 3. The first-order chi connectivity index (χ1) is 15.5. The average Bonchev–Trinajstić information content (AvgIpc) is 3.44. The highest BCUT2D eigenvalue weighted by molar-refractivity contribution is 7.13. The zero-order chi connectivity index (χ0) is 23.8. The van der Waals surface area contributed by atoms with E-state index in [9.17, 15) is 4.79 Å². The Morgan fingerprint density at radius 1 is 1.33 bits per heavy atom. The van der Waals surface area contributed by atoms with Gasteiger partial charge in [0.15, 0.2) is 8.32 Å². The highest BCUT2D eigenvalue weighted by atomic mass is 32.1. The summed E-state index contributed by atoms with van der Waals surface area (Å²) in [5, 5.41) is 17.5. The summed E-state index contributed by atoms with van der Waals surface area (Å²) in [4.78, 5) is 13.4. The van der Waals surface area contributed by atoms with Gasteiger partial charge in [0.25, 0.3) is 5.91 Å². The van der Waals surface area contributed by atoms with Crippen molar-refractivity contribution in [3.63, 3.8) is 0 Å². The first-order valence-electron chi connectivity index (χ1n) is 11.3. The van der Waals surface area contributed by atoms with Gasteiger partial charge >= 0.3 is 0 Å². The molecule has 33 heavy (non-hydrogen) atoms. The second-order valence-corrected chi connectivity index (χ2v) is 16.0. The molecule has 1 amide bonds. The zero-order valence-electron chi connectivity index (χ0n) is 20.0. The summed E-state index contributed by atoms with van der Waals surface area (Å²) in [5.41, 5.74) is 0.681. The lowest BCUT2D eigenvalue weighted by Crippen LogP contribution is -2.44. The molecule has 1 aliphatic rings. The topological polar surface area (TPSA) is 103 Å². The number of aromatic nitrogens is 3. The Morgan fingerprint density at radius 3 is 2.76 bits per heavy atom. The van der Waals surface area contributed by atoms with Gasteiger partial charge in [-0.3, -0.25) is 4.79 Å². The summed E-state index contributed by atoms with van der Waals surface area (Å²) in [6.45, 7) is 13.0. The Bertz CT molecular complexity index is 1080. The van der Waals surface area contributed by atoms with Crippen LogP contribution in [0.2, 0.25) is 18.1 Å². The number of amides is 1. The van der Waals surface area contributed by atoms with Crippen LogP contribution >= 0.6 is 11.3 Å². The molecule has 1 N–H and O–H groups in total. The first-order valence-corrected chi connectivity index (χ1v) is 15.1. The summed E-state index contributed by atoms with van der Waals surface area (Å²) in [5.74, 6) is 1.56. The zero-order valence-corrected chi connectivity index (χ0v) is 21.9. The molecule has 0 radical (unpaired) electrons. The van der Waals surface area contributed by atoms with Crippen molar-refractivity contribution in [2.45, 2.75) is 77.2 Å². The Kier molecular flexibility index (Phi) is 6.61. The third-order valence-electron chi connectivity index (χ3n) is 6.65. The number of carbonyl (C=O) groups is 1.